The van der Waals surface area contributed by atoms with Gasteiger partial charge in [0.05, 0.1) is 4.92 Å². The van der Waals surface area contributed by atoms with Crippen LogP contribution in [0.1, 0.15) is 39.4 Å². The van der Waals surface area contributed by atoms with Crippen molar-refractivity contribution in [2.45, 2.75) is 46.7 Å². The molecule has 1 atom stereocenters. The minimum absolute atomic E-state index is 0.0210. The minimum Gasteiger partial charge on any atom is -0.360 e. The van der Waals surface area contributed by atoms with E-state index in [1.54, 1.807) is 11.6 Å². The lowest BCUT2D eigenvalue weighted by Gasteiger charge is -2.22. The van der Waals surface area contributed by atoms with Crippen LogP contribution in [0.4, 0.5) is 11.5 Å². The molecule has 1 aromatic rings. The van der Waals surface area contributed by atoms with Gasteiger partial charge in [0.2, 0.25) is 5.82 Å². The summed E-state index contributed by atoms with van der Waals surface area (Å²) in [6.07, 6.45) is 0. The molecule has 0 spiro atoms. The molecule has 1 aromatic heterocycles. The molecule has 7 nitrogen and oxygen atoms in total. The van der Waals surface area contributed by atoms with Crippen LogP contribution in [0.5, 0.6) is 0 Å². The monoisotopic (exact) mass is 269 g/mol. The van der Waals surface area contributed by atoms with Crippen molar-refractivity contribution in [1.29, 1.82) is 0 Å². The molecule has 1 heterocycles. The molecule has 0 bridgehead atoms. The summed E-state index contributed by atoms with van der Waals surface area (Å²) in [5.41, 5.74) is 6.17. The standard InChI is InChI=1S/C12H23N5O2/c1-7(2)10(6-13)14-12-11(17(18)19)9(5)15-16(12)8(3)4/h7-8,10,14H,6,13H2,1-5H3. The van der Waals surface area contributed by atoms with E-state index in [1.807, 2.05) is 27.7 Å². The molecule has 0 radical (unpaired) electrons. The summed E-state index contributed by atoms with van der Waals surface area (Å²) in [5.74, 6) is 0.724. The zero-order valence-corrected chi connectivity index (χ0v) is 12.2. The van der Waals surface area contributed by atoms with E-state index in [0.29, 0.717) is 18.1 Å². The van der Waals surface area contributed by atoms with Gasteiger partial charge in [-0.2, -0.15) is 5.10 Å². The lowest BCUT2D eigenvalue weighted by Crippen LogP contribution is -2.35. The van der Waals surface area contributed by atoms with Crippen LogP contribution in [0, 0.1) is 23.0 Å². The summed E-state index contributed by atoms with van der Waals surface area (Å²) in [6.45, 7) is 9.99. The van der Waals surface area contributed by atoms with Gasteiger partial charge >= 0.3 is 5.69 Å². The second kappa shape index (κ2) is 6.01. The Hall–Kier alpha value is -1.63. The number of nitro groups is 1. The van der Waals surface area contributed by atoms with Gasteiger partial charge in [0.1, 0.15) is 5.69 Å². The number of aryl methyl sites for hydroxylation is 1. The quantitative estimate of drug-likeness (QED) is 0.608. The summed E-state index contributed by atoms with van der Waals surface area (Å²) in [4.78, 5) is 10.8. The summed E-state index contributed by atoms with van der Waals surface area (Å²) >= 11 is 0. The molecule has 1 rings (SSSR count). The Bertz CT molecular complexity index is 453. The number of nitrogens with two attached hydrogens (primary N) is 1. The minimum atomic E-state index is -0.391. The number of nitrogens with zero attached hydrogens (tertiary/aromatic N) is 3. The number of nitrogens with one attached hydrogen (secondary N) is 1. The first-order valence-corrected chi connectivity index (χ1v) is 6.49. The number of aromatic nitrogens is 2. The Balaban J connectivity index is 3.25. The molecule has 7 heteroatoms. The third kappa shape index (κ3) is 3.23. The van der Waals surface area contributed by atoms with Crippen molar-refractivity contribution in [2.24, 2.45) is 11.7 Å². The van der Waals surface area contributed by atoms with Crippen LogP contribution in [0.2, 0.25) is 0 Å². The maximum Gasteiger partial charge on any atom is 0.333 e. The molecule has 0 aliphatic heterocycles. The van der Waals surface area contributed by atoms with Gasteiger partial charge in [0.15, 0.2) is 0 Å². The summed E-state index contributed by atoms with van der Waals surface area (Å²) in [6, 6.07) is 0.0211. The van der Waals surface area contributed by atoms with E-state index in [2.05, 4.69) is 10.4 Å². The van der Waals surface area contributed by atoms with Crippen molar-refractivity contribution in [1.82, 2.24) is 9.78 Å². The number of hydrogen-bond donors (Lipinski definition) is 2. The van der Waals surface area contributed by atoms with Crippen LogP contribution < -0.4 is 11.1 Å². The first-order chi connectivity index (χ1) is 8.79. The lowest BCUT2D eigenvalue weighted by atomic mass is 10.0. The fraction of sp³-hybridized carbons (Fsp3) is 0.750. The van der Waals surface area contributed by atoms with Crippen molar-refractivity contribution in [2.75, 3.05) is 11.9 Å². The fourth-order valence-electron chi connectivity index (χ4n) is 1.94. The Morgan fingerprint density at radius 2 is 2.00 bits per heavy atom. The third-order valence-corrected chi connectivity index (χ3v) is 3.11. The molecule has 3 N–H and O–H groups in total. The molecule has 0 aromatic carbocycles. The zero-order valence-electron chi connectivity index (χ0n) is 12.2. The predicted octanol–water partition coefficient (Wildman–Crippen LogP) is 2.08. The summed E-state index contributed by atoms with van der Waals surface area (Å²) in [5, 5.41) is 18.6. The van der Waals surface area contributed by atoms with E-state index in [9.17, 15) is 10.1 Å². The maximum atomic E-state index is 11.2. The van der Waals surface area contributed by atoms with Crippen molar-refractivity contribution in [3.05, 3.63) is 15.8 Å². The normalized spacial score (nSPS) is 13.1. The van der Waals surface area contributed by atoms with E-state index in [4.69, 9.17) is 5.73 Å². The second-order valence-electron chi connectivity index (χ2n) is 5.31. The highest BCUT2D eigenvalue weighted by atomic mass is 16.6. The van der Waals surface area contributed by atoms with Crippen LogP contribution in [-0.2, 0) is 0 Å². The molecule has 0 aliphatic carbocycles. The average Bonchev–Trinajstić information content (AvgIpc) is 2.62. The topological polar surface area (TPSA) is 99.0 Å². The van der Waals surface area contributed by atoms with E-state index >= 15 is 0 Å². The largest absolute Gasteiger partial charge is 0.360 e. The fourth-order valence-corrected chi connectivity index (χ4v) is 1.94. The Labute approximate surface area is 113 Å². The number of rotatable bonds is 6. The van der Waals surface area contributed by atoms with Gasteiger partial charge in [-0.25, -0.2) is 4.68 Å². The molecule has 0 saturated heterocycles. The molecule has 0 aliphatic rings. The molecule has 0 saturated carbocycles. The smallest absolute Gasteiger partial charge is 0.333 e. The summed E-state index contributed by atoms with van der Waals surface area (Å²) in [7, 11) is 0. The van der Waals surface area contributed by atoms with E-state index < -0.39 is 4.92 Å². The molecule has 0 amide bonds. The first kappa shape index (κ1) is 15.4. The highest BCUT2D eigenvalue weighted by Crippen LogP contribution is 2.31. The molecule has 1 unspecified atom stereocenters. The van der Waals surface area contributed by atoms with E-state index in [0.717, 1.165) is 0 Å². The second-order valence-corrected chi connectivity index (χ2v) is 5.31. The Kier molecular flexibility index (Phi) is 4.88. The van der Waals surface area contributed by atoms with Crippen LogP contribution in [-0.4, -0.2) is 27.3 Å². The van der Waals surface area contributed by atoms with Gasteiger partial charge in [0.25, 0.3) is 0 Å². The van der Waals surface area contributed by atoms with Crippen LogP contribution in [0.3, 0.4) is 0 Å². The summed E-state index contributed by atoms with van der Waals surface area (Å²) < 4.78 is 1.65. The van der Waals surface area contributed by atoms with Gasteiger partial charge in [-0.1, -0.05) is 13.8 Å². The van der Waals surface area contributed by atoms with Crippen LogP contribution in [0.25, 0.3) is 0 Å². The van der Waals surface area contributed by atoms with Gasteiger partial charge in [0, 0.05) is 18.6 Å². The maximum absolute atomic E-state index is 11.2. The van der Waals surface area contributed by atoms with Crippen LogP contribution in [0.15, 0.2) is 0 Å². The van der Waals surface area contributed by atoms with Crippen molar-refractivity contribution in [3.8, 4) is 0 Å². The highest BCUT2D eigenvalue weighted by molar-refractivity contribution is 5.60. The Morgan fingerprint density at radius 3 is 2.37 bits per heavy atom. The van der Waals surface area contributed by atoms with Gasteiger partial charge in [-0.05, 0) is 26.7 Å². The van der Waals surface area contributed by atoms with Crippen molar-refractivity contribution < 1.29 is 4.92 Å². The average molecular weight is 269 g/mol. The van der Waals surface area contributed by atoms with E-state index in [-0.39, 0.29) is 23.7 Å². The predicted molar refractivity (Wildman–Crippen MR) is 75.3 cm³/mol. The lowest BCUT2D eigenvalue weighted by molar-refractivity contribution is -0.384. The Morgan fingerprint density at radius 1 is 1.42 bits per heavy atom. The molecule has 19 heavy (non-hydrogen) atoms. The number of anilines is 1. The molecule has 108 valence electrons. The highest BCUT2D eigenvalue weighted by Gasteiger charge is 2.28. The number of hydrogen-bond acceptors (Lipinski definition) is 5. The molecule has 0 fully saturated rings. The van der Waals surface area contributed by atoms with Crippen molar-refractivity contribution in [3.63, 3.8) is 0 Å². The molecular formula is C12H23N5O2. The van der Waals surface area contributed by atoms with Crippen LogP contribution >= 0.6 is 0 Å². The SMILES string of the molecule is Cc1nn(C(C)C)c(NC(CN)C(C)C)c1[N+](=O)[O-]. The zero-order chi connectivity index (χ0) is 14.7. The third-order valence-electron chi connectivity index (χ3n) is 3.11. The van der Waals surface area contributed by atoms with Crippen molar-refractivity contribution >= 4 is 11.5 Å². The van der Waals surface area contributed by atoms with Gasteiger partial charge in [-0.15, -0.1) is 0 Å². The molecular weight excluding hydrogens is 246 g/mol. The van der Waals surface area contributed by atoms with Gasteiger partial charge in [-0.3, -0.25) is 10.1 Å². The van der Waals surface area contributed by atoms with E-state index in [1.165, 1.54) is 0 Å². The van der Waals surface area contributed by atoms with Gasteiger partial charge < -0.3 is 11.1 Å². The first-order valence-electron chi connectivity index (χ1n) is 6.49.